The van der Waals surface area contributed by atoms with E-state index in [-0.39, 0.29) is 0 Å². The van der Waals surface area contributed by atoms with Gasteiger partial charge in [-0.15, -0.1) is 19.3 Å². The predicted molar refractivity (Wildman–Crippen MR) is 30.4 cm³/mol. The molecular formula is C6H8O. The van der Waals surface area contributed by atoms with Gasteiger partial charge in [0.1, 0.15) is 6.10 Å². The molecule has 7 heavy (non-hydrogen) atoms. The Morgan fingerprint density at radius 2 is 1.71 bits per heavy atom. The predicted octanol–water partition coefficient (Wildman–Crippen LogP) is 0.250. The fourth-order valence-electron chi connectivity index (χ4n) is 0. The molecule has 0 aliphatic heterocycles. The van der Waals surface area contributed by atoms with E-state index in [1.807, 2.05) is 0 Å². The number of hydrogen-bond donors (Lipinski definition) is 1. The molecule has 0 aromatic heterocycles. The van der Waals surface area contributed by atoms with E-state index in [0.717, 1.165) is 0 Å². The van der Waals surface area contributed by atoms with Crippen LogP contribution < -0.4 is 0 Å². The van der Waals surface area contributed by atoms with Gasteiger partial charge in [0.05, 0.1) is 0 Å². The normalized spacial score (nSPS) is 9.57. The molecule has 0 heterocycles. The highest BCUT2D eigenvalue weighted by Crippen LogP contribution is 1.66. The van der Waals surface area contributed by atoms with Gasteiger partial charge in [0.15, 0.2) is 0 Å². The SMILES string of the molecule is C#C.C#CC(C)O. The average molecular weight is 96.1 g/mol. The van der Waals surface area contributed by atoms with Crippen LogP contribution in [0.25, 0.3) is 0 Å². The lowest BCUT2D eigenvalue weighted by molar-refractivity contribution is 0.253. The molecule has 0 fully saturated rings. The zero-order valence-electron chi connectivity index (χ0n) is 4.26. The molecule has 0 spiro atoms. The molecule has 0 saturated heterocycles. The highest BCUT2D eigenvalue weighted by Gasteiger charge is 1.75. The van der Waals surface area contributed by atoms with E-state index < -0.39 is 6.10 Å². The molecule has 0 aliphatic carbocycles. The van der Waals surface area contributed by atoms with Crippen LogP contribution in [0.15, 0.2) is 0 Å². The Morgan fingerprint density at radius 1 is 1.57 bits per heavy atom. The van der Waals surface area contributed by atoms with Crippen LogP contribution in [0.2, 0.25) is 0 Å². The van der Waals surface area contributed by atoms with Crippen molar-refractivity contribution in [1.82, 2.24) is 0 Å². The zero-order valence-corrected chi connectivity index (χ0v) is 4.26. The molecule has 1 heteroatoms. The first-order valence-corrected chi connectivity index (χ1v) is 1.75. The Morgan fingerprint density at radius 3 is 1.71 bits per heavy atom. The molecule has 0 aromatic carbocycles. The van der Waals surface area contributed by atoms with Crippen LogP contribution in [0, 0.1) is 25.2 Å². The maximum absolute atomic E-state index is 8.12. The number of hydrogen-bond acceptors (Lipinski definition) is 1. The minimum atomic E-state index is -0.588. The van der Waals surface area contributed by atoms with E-state index in [2.05, 4.69) is 25.2 Å². The molecule has 0 bridgehead atoms. The minimum Gasteiger partial charge on any atom is -0.381 e. The van der Waals surface area contributed by atoms with Gasteiger partial charge in [-0.2, -0.15) is 0 Å². The van der Waals surface area contributed by atoms with Crippen LogP contribution in [0.3, 0.4) is 0 Å². The van der Waals surface area contributed by atoms with E-state index in [0.29, 0.717) is 0 Å². The fourth-order valence-corrected chi connectivity index (χ4v) is 0. The third-order valence-electron chi connectivity index (χ3n) is 0.241. The van der Waals surface area contributed by atoms with Crippen molar-refractivity contribution in [3.63, 3.8) is 0 Å². The van der Waals surface area contributed by atoms with Gasteiger partial charge in [0.25, 0.3) is 0 Å². The standard InChI is InChI=1S/C4H6O.C2H2/c1-3-4(2)5;1-2/h1,4-5H,2H3;1-2H. The third-order valence-corrected chi connectivity index (χ3v) is 0.241. The number of aliphatic hydroxyl groups is 1. The summed E-state index contributed by atoms with van der Waals surface area (Å²) in [6, 6.07) is 0. The number of terminal acetylenes is 2. The summed E-state index contributed by atoms with van der Waals surface area (Å²) in [6.07, 6.45) is 12.1. The zero-order chi connectivity index (χ0) is 6.28. The first kappa shape index (κ1) is 9.43. The highest BCUT2D eigenvalue weighted by atomic mass is 16.3. The molecule has 1 N–H and O–H groups in total. The van der Waals surface area contributed by atoms with E-state index >= 15 is 0 Å². The molecule has 0 saturated carbocycles. The van der Waals surface area contributed by atoms with Crippen molar-refractivity contribution in [3.05, 3.63) is 0 Å². The summed E-state index contributed by atoms with van der Waals surface area (Å²) >= 11 is 0. The lowest BCUT2D eigenvalue weighted by Gasteiger charge is -1.80. The molecule has 0 rings (SSSR count). The van der Waals surface area contributed by atoms with Crippen LogP contribution in [0.1, 0.15) is 6.92 Å². The van der Waals surface area contributed by atoms with Crippen molar-refractivity contribution in [2.24, 2.45) is 0 Å². The van der Waals surface area contributed by atoms with Gasteiger partial charge in [-0.3, -0.25) is 0 Å². The monoisotopic (exact) mass is 96.1 g/mol. The molecule has 0 radical (unpaired) electrons. The molecule has 0 aliphatic rings. The Balaban J connectivity index is 0. The van der Waals surface area contributed by atoms with E-state index in [9.17, 15) is 0 Å². The van der Waals surface area contributed by atoms with Crippen LogP contribution in [0.5, 0.6) is 0 Å². The summed E-state index contributed by atoms with van der Waals surface area (Å²) in [7, 11) is 0. The van der Waals surface area contributed by atoms with Crippen molar-refractivity contribution in [2.45, 2.75) is 13.0 Å². The van der Waals surface area contributed by atoms with Crippen LogP contribution in [0.4, 0.5) is 0 Å². The van der Waals surface area contributed by atoms with Gasteiger partial charge >= 0.3 is 0 Å². The van der Waals surface area contributed by atoms with Crippen molar-refractivity contribution >= 4 is 0 Å². The summed E-state index contributed by atoms with van der Waals surface area (Å²) in [5.41, 5.74) is 0. The summed E-state index contributed by atoms with van der Waals surface area (Å²) in [5, 5.41) is 8.12. The minimum absolute atomic E-state index is 0.588. The van der Waals surface area contributed by atoms with Crippen LogP contribution in [-0.2, 0) is 0 Å². The lowest BCUT2D eigenvalue weighted by Crippen LogP contribution is -1.90. The van der Waals surface area contributed by atoms with Crippen molar-refractivity contribution in [3.8, 4) is 25.2 Å². The Kier molecular flexibility index (Phi) is 12.0. The molecule has 0 aromatic rings. The van der Waals surface area contributed by atoms with Gasteiger partial charge in [-0.1, -0.05) is 5.92 Å². The number of rotatable bonds is 0. The fraction of sp³-hybridized carbons (Fsp3) is 0.333. The topological polar surface area (TPSA) is 20.2 Å². The number of aliphatic hydroxyl groups excluding tert-OH is 1. The summed E-state index contributed by atoms with van der Waals surface area (Å²) in [6.45, 7) is 1.54. The van der Waals surface area contributed by atoms with Gasteiger partial charge < -0.3 is 5.11 Å². The quantitative estimate of drug-likeness (QED) is 0.428. The first-order valence-electron chi connectivity index (χ1n) is 1.75. The van der Waals surface area contributed by atoms with Gasteiger partial charge in [0, 0.05) is 0 Å². The summed E-state index contributed by atoms with van der Waals surface area (Å²) in [4.78, 5) is 0. The van der Waals surface area contributed by atoms with Gasteiger partial charge in [-0.05, 0) is 6.92 Å². The van der Waals surface area contributed by atoms with E-state index in [4.69, 9.17) is 5.11 Å². The maximum atomic E-state index is 8.12. The second kappa shape index (κ2) is 8.91. The van der Waals surface area contributed by atoms with Gasteiger partial charge in [0.2, 0.25) is 0 Å². The van der Waals surface area contributed by atoms with Crippen molar-refractivity contribution in [2.75, 3.05) is 0 Å². The summed E-state index contributed by atoms with van der Waals surface area (Å²) in [5.74, 6) is 2.08. The first-order chi connectivity index (χ1) is 3.27. The van der Waals surface area contributed by atoms with E-state index in [1.165, 1.54) is 0 Å². The largest absolute Gasteiger partial charge is 0.381 e. The van der Waals surface area contributed by atoms with Crippen LogP contribution in [-0.4, -0.2) is 11.2 Å². The second-order valence-electron chi connectivity index (χ2n) is 0.843. The van der Waals surface area contributed by atoms with E-state index in [1.54, 1.807) is 6.92 Å². The summed E-state index contributed by atoms with van der Waals surface area (Å²) < 4.78 is 0. The second-order valence-corrected chi connectivity index (χ2v) is 0.843. The molecule has 38 valence electrons. The molecule has 0 amide bonds. The third kappa shape index (κ3) is 41.3. The Bertz CT molecular complexity index is 73.9. The Hall–Kier alpha value is -0.920. The lowest BCUT2D eigenvalue weighted by atomic mass is 10.4. The maximum Gasteiger partial charge on any atom is 0.111 e. The Labute approximate surface area is 44.4 Å². The molecule has 1 nitrogen and oxygen atoms in total. The van der Waals surface area contributed by atoms with Crippen LogP contribution >= 0.6 is 0 Å². The molecule has 1 unspecified atom stereocenters. The van der Waals surface area contributed by atoms with Crippen molar-refractivity contribution in [1.29, 1.82) is 0 Å². The highest BCUT2D eigenvalue weighted by molar-refractivity contribution is 4.89. The smallest absolute Gasteiger partial charge is 0.111 e. The molecular weight excluding hydrogens is 88.1 g/mol. The van der Waals surface area contributed by atoms with Gasteiger partial charge in [-0.25, -0.2) is 0 Å². The van der Waals surface area contributed by atoms with Crippen molar-refractivity contribution < 1.29 is 5.11 Å². The average Bonchev–Trinajstić information content (AvgIpc) is 1.73. The molecule has 1 atom stereocenters.